The molecular weight excluding hydrogens is 967 g/mol. The van der Waals surface area contributed by atoms with Crippen LogP contribution in [0.5, 0.6) is 5.75 Å². The summed E-state index contributed by atoms with van der Waals surface area (Å²) in [5.74, 6) is -1.58. The first kappa shape index (κ1) is 58.8. The third kappa shape index (κ3) is 20.7. The number of phenols is 1. The van der Waals surface area contributed by atoms with Crippen molar-refractivity contribution in [2.45, 2.75) is 142 Å². The molecule has 4 rings (SSSR count). The summed E-state index contributed by atoms with van der Waals surface area (Å²) in [6.07, 6.45) is 5.42. The van der Waals surface area contributed by atoms with Crippen molar-refractivity contribution in [2.24, 2.45) is 17.8 Å². The number of hydrogen-bond acceptors (Lipinski definition) is 17. The van der Waals surface area contributed by atoms with Crippen molar-refractivity contribution in [3.05, 3.63) is 70.3 Å². The summed E-state index contributed by atoms with van der Waals surface area (Å²) in [5, 5.41) is 21.7. The fourth-order valence-electron chi connectivity index (χ4n) is 8.29. The van der Waals surface area contributed by atoms with E-state index in [4.69, 9.17) is 19.2 Å². The highest BCUT2D eigenvalue weighted by molar-refractivity contribution is 8.76. The van der Waals surface area contributed by atoms with Crippen molar-refractivity contribution < 1.29 is 48.1 Å². The maximum Gasteiger partial charge on any atom is 0.407 e. The van der Waals surface area contributed by atoms with E-state index in [1.54, 1.807) is 42.8 Å². The van der Waals surface area contributed by atoms with E-state index in [1.807, 2.05) is 46.0 Å². The van der Waals surface area contributed by atoms with Crippen LogP contribution < -0.4 is 16.0 Å². The fourth-order valence-corrected chi connectivity index (χ4v) is 10.8. The second kappa shape index (κ2) is 31.0. The quantitative estimate of drug-likeness (QED) is 0.0164. The van der Waals surface area contributed by atoms with Gasteiger partial charge in [0.25, 0.3) is 5.91 Å². The number of aromatic nitrogens is 2. The third-order valence-electron chi connectivity index (χ3n) is 12.6. The average Bonchev–Trinajstić information content (AvgIpc) is 3.84. The van der Waals surface area contributed by atoms with Gasteiger partial charge in [0.15, 0.2) is 11.9 Å². The molecule has 1 saturated heterocycles. The largest absolute Gasteiger partial charge is 0.508 e. The van der Waals surface area contributed by atoms with Crippen LogP contribution in [0.3, 0.4) is 0 Å². The smallest absolute Gasteiger partial charge is 0.407 e. The molecule has 1 aliphatic rings. The minimum absolute atomic E-state index is 0.0214. The Hall–Kier alpha value is -4.76. The van der Waals surface area contributed by atoms with Crippen molar-refractivity contribution in [1.82, 2.24) is 35.7 Å². The van der Waals surface area contributed by atoms with E-state index in [-0.39, 0.29) is 98.2 Å². The van der Waals surface area contributed by atoms with Crippen LogP contribution >= 0.6 is 32.9 Å². The molecule has 2 aromatic heterocycles. The molecule has 0 bridgehead atoms. The number of ketones is 1. The van der Waals surface area contributed by atoms with E-state index in [0.29, 0.717) is 30.1 Å². The summed E-state index contributed by atoms with van der Waals surface area (Å²) >= 11 is 1.18. The molecule has 4 N–H and O–H groups in total. The van der Waals surface area contributed by atoms with Gasteiger partial charge in [0.1, 0.15) is 34.8 Å². The number of nitrogens with one attached hydrogen (secondary N) is 3. The number of pyridine rings is 1. The third-order valence-corrected chi connectivity index (χ3v) is 15.7. The van der Waals surface area contributed by atoms with Crippen LogP contribution in [0.25, 0.3) is 0 Å². The Morgan fingerprint density at radius 3 is 2.41 bits per heavy atom. The number of Topliss-reactive ketones (excluding diaryl/α,β-unsaturated/α-hetero) is 1. The Bertz CT molecular complexity index is 2130. The van der Waals surface area contributed by atoms with Gasteiger partial charge in [-0.2, -0.15) is 0 Å². The Morgan fingerprint density at radius 1 is 0.986 bits per heavy atom. The summed E-state index contributed by atoms with van der Waals surface area (Å²) < 4.78 is 17.1. The van der Waals surface area contributed by atoms with E-state index in [9.17, 15) is 33.9 Å². The average molecular weight is 1040 g/mol. The molecule has 1 aliphatic heterocycles. The predicted molar refractivity (Wildman–Crippen MR) is 278 cm³/mol. The molecule has 1 unspecified atom stereocenters. The van der Waals surface area contributed by atoms with Gasteiger partial charge in [0.05, 0.1) is 12.6 Å². The van der Waals surface area contributed by atoms with Crippen molar-refractivity contribution in [3.8, 4) is 5.75 Å². The topological polar surface area (TPSA) is 219 Å². The zero-order chi connectivity index (χ0) is 51.9. The molecule has 392 valence electrons. The van der Waals surface area contributed by atoms with Gasteiger partial charge in [0, 0.05) is 67.7 Å². The number of benzene rings is 1. The standard InChI is InChI=1S/C51H75N7O10S3/c1-9-15-47(62)67-32-58(30-40(34(5)10-2)55-49(64)42-16-12-14-23-57(42)8)43(33(3)4)28-45(68-36(7)59)50-56-41(31-69-50)48(63)54-38(27-37-18-20-39(60)21-19-37)26-35(6)44(61)29-53-51(65)66-24-25-70-71-46-17-11-13-22-52-46/h11,13,17-22,31,33-35,38,40,42-43,45,60H,9-10,12,14-16,23-30,32H2,1-8H3,(H,53,65)(H,54,63)(H,55,64)/t34-,35-,38+,40+,42?,43+,45+/m0/s1. The lowest BCUT2D eigenvalue weighted by atomic mass is 9.93. The van der Waals surface area contributed by atoms with Crippen LogP contribution in [-0.2, 0) is 39.8 Å². The normalized spacial score (nSPS) is 16.5. The molecule has 20 heteroatoms. The Balaban J connectivity index is 1.48. The monoisotopic (exact) mass is 1040 g/mol. The number of rotatable bonds is 30. The number of likely N-dealkylation sites (N-methyl/N-ethyl adjacent to an activating group) is 1. The molecular formula is C51H75N7O10S3. The number of phenolic OH excluding ortho intramolecular Hbond substituents is 1. The molecule has 0 spiro atoms. The second-order valence-electron chi connectivity index (χ2n) is 18.6. The second-order valence-corrected chi connectivity index (χ2v) is 21.9. The number of likely N-dealkylation sites (tertiary alicyclic amines) is 1. The first-order valence-corrected chi connectivity index (χ1v) is 27.9. The summed E-state index contributed by atoms with van der Waals surface area (Å²) in [4.78, 5) is 92.3. The lowest BCUT2D eigenvalue weighted by molar-refractivity contribution is -0.152. The molecule has 1 fully saturated rings. The highest BCUT2D eigenvalue weighted by Crippen LogP contribution is 2.32. The van der Waals surface area contributed by atoms with Gasteiger partial charge in [0.2, 0.25) is 5.91 Å². The van der Waals surface area contributed by atoms with Crippen LogP contribution in [0.2, 0.25) is 0 Å². The Morgan fingerprint density at radius 2 is 1.75 bits per heavy atom. The van der Waals surface area contributed by atoms with Gasteiger partial charge in [-0.15, -0.1) is 11.3 Å². The molecule has 1 aromatic carbocycles. The summed E-state index contributed by atoms with van der Waals surface area (Å²) in [7, 11) is 4.95. The number of esters is 2. The molecule has 71 heavy (non-hydrogen) atoms. The maximum atomic E-state index is 14.1. The number of alkyl carbamates (subject to hydrolysis) is 1. The van der Waals surface area contributed by atoms with E-state index in [2.05, 4.69) is 44.6 Å². The summed E-state index contributed by atoms with van der Waals surface area (Å²) in [5.41, 5.74) is 0.903. The van der Waals surface area contributed by atoms with Gasteiger partial charge >= 0.3 is 18.0 Å². The van der Waals surface area contributed by atoms with Gasteiger partial charge in [-0.05, 0) is 98.2 Å². The van der Waals surface area contributed by atoms with Crippen molar-refractivity contribution in [1.29, 1.82) is 0 Å². The van der Waals surface area contributed by atoms with Crippen LogP contribution in [0.15, 0.2) is 59.1 Å². The molecule has 17 nitrogen and oxygen atoms in total. The molecule has 3 heterocycles. The number of hydrogen-bond donors (Lipinski definition) is 4. The van der Waals surface area contributed by atoms with E-state index >= 15 is 0 Å². The molecule has 0 saturated carbocycles. The number of carbonyl (C=O) groups is 6. The van der Waals surface area contributed by atoms with Crippen LogP contribution in [-0.4, -0.2) is 130 Å². The van der Waals surface area contributed by atoms with Crippen molar-refractivity contribution >= 4 is 68.6 Å². The predicted octanol–water partition coefficient (Wildman–Crippen LogP) is 7.98. The van der Waals surface area contributed by atoms with Crippen LogP contribution in [0, 0.1) is 17.8 Å². The number of aromatic hydroxyl groups is 1. The minimum Gasteiger partial charge on any atom is -0.508 e. The van der Waals surface area contributed by atoms with Gasteiger partial charge in [-0.25, -0.2) is 14.8 Å². The van der Waals surface area contributed by atoms with E-state index < -0.39 is 36.0 Å². The summed E-state index contributed by atoms with van der Waals surface area (Å²) in [6, 6.07) is 10.8. The zero-order valence-electron chi connectivity index (χ0n) is 42.6. The zero-order valence-corrected chi connectivity index (χ0v) is 45.0. The molecule has 0 aliphatic carbocycles. The SMILES string of the molecule is CCCC(=O)OCN(C[C@@H](NC(=O)C1CCCCN1C)[C@@H](C)CC)[C@H](C[C@@H](OC(C)=O)c1nc(C(=O)N[C@@H](Cc2ccc(O)cc2)C[C@H](C)C(=O)CNC(=O)OCCSSc2ccccn2)cs1)C(C)C. The van der Waals surface area contributed by atoms with Gasteiger partial charge in [-0.1, -0.05) is 83.4 Å². The number of ether oxygens (including phenoxy) is 3. The van der Waals surface area contributed by atoms with Crippen molar-refractivity contribution in [2.75, 3.05) is 45.8 Å². The fraction of sp³-hybridized carbons (Fsp3) is 0.608. The Labute approximate surface area is 431 Å². The number of amides is 3. The van der Waals surface area contributed by atoms with Gasteiger partial charge in [-0.3, -0.25) is 33.8 Å². The highest BCUT2D eigenvalue weighted by atomic mass is 33.1. The molecule has 7 atom stereocenters. The van der Waals surface area contributed by atoms with E-state index in [0.717, 1.165) is 42.8 Å². The number of nitrogens with zero attached hydrogens (tertiary/aromatic N) is 4. The first-order chi connectivity index (χ1) is 34.0. The molecule has 0 radical (unpaired) electrons. The highest BCUT2D eigenvalue weighted by Gasteiger charge is 2.35. The lowest BCUT2D eigenvalue weighted by Gasteiger charge is -2.40. The van der Waals surface area contributed by atoms with E-state index in [1.165, 1.54) is 39.8 Å². The minimum atomic E-state index is -0.873. The van der Waals surface area contributed by atoms with Crippen molar-refractivity contribution in [3.63, 3.8) is 0 Å². The lowest BCUT2D eigenvalue weighted by Crippen LogP contribution is -2.56. The number of carbonyl (C=O) groups excluding carboxylic acids is 6. The first-order valence-electron chi connectivity index (χ1n) is 24.7. The van der Waals surface area contributed by atoms with Crippen LogP contribution in [0.4, 0.5) is 4.79 Å². The van der Waals surface area contributed by atoms with Crippen LogP contribution in [0.1, 0.15) is 127 Å². The maximum absolute atomic E-state index is 14.1. The summed E-state index contributed by atoms with van der Waals surface area (Å²) in [6.45, 7) is 14.3. The molecule has 3 aromatic rings. The van der Waals surface area contributed by atoms with Gasteiger partial charge < -0.3 is 35.3 Å². The number of thiazole rings is 1. The Kier molecular flexibility index (Phi) is 25.7. The molecule has 3 amide bonds. The number of piperidine rings is 1.